The average Bonchev–Trinajstić information content (AvgIpc) is 3.30. The van der Waals surface area contributed by atoms with Crippen molar-refractivity contribution in [2.45, 2.75) is 26.4 Å². The molecule has 1 aliphatic rings. The van der Waals surface area contributed by atoms with Gasteiger partial charge in [0.1, 0.15) is 23.5 Å². The Morgan fingerprint density at radius 2 is 2.00 bits per heavy atom. The number of anilines is 1. The summed E-state index contributed by atoms with van der Waals surface area (Å²) in [6, 6.07) is 8.33. The second-order valence-electron chi connectivity index (χ2n) is 6.83. The van der Waals surface area contributed by atoms with Crippen LogP contribution in [-0.4, -0.2) is 46.1 Å². The number of hydrogen-bond donors (Lipinski definition) is 0. The van der Waals surface area contributed by atoms with Crippen LogP contribution in [0.4, 0.5) is 10.3 Å². The number of pyridine rings is 1. The Bertz CT molecular complexity index is 973. The molecule has 1 aliphatic heterocycles. The molecule has 0 N–H and O–H groups in total. The zero-order valence-corrected chi connectivity index (χ0v) is 16.1. The number of hydrogen-bond acceptors (Lipinski definition) is 6. The molecule has 1 fully saturated rings. The van der Waals surface area contributed by atoms with Gasteiger partial charge in [-0.15, -0.1) is 10.2 Å². The van der Waals surface area contributed by atoms with Crippen LogP contribution in [0.1, 0.15) is 17.8 Å². The van der Waals surface area contributed by atoms with Crippen LogP contribution >= 0.6 is 0 Å². The van der Waals surface area contributed by atoms with Gasteiger partial charge in [0.05, 0.1) is 25.5 Å². The van der Waals surface area contributed by atoms with E-state index in [0.717, 1.165) is 36.0 Å². The largest absolute Gasteiger partial charge is 0.488 e. The molecule has 2 aromatic heterocycles. The number of aryl methyl sites for hydroxylation is 2. The highest BCUT2D eigenvalue weighted by atomic mass is 19.1. The lowest BCUT2D eigenvalue weighted by atomic mass is 10.2. The molecular formula is C20H22FN5O2. The lowest BCUT2D eigenvalue weighted by molar-refractivity contribution is 0.223. The lowest BCUT2D eigenvalue weighted by Gasteiger charge is -2.20. The standard InChI is InChI=1S/C20H22FN5O2/c1-13-10-15(21)4-6-18(13)28-17-8-9-25(12-17)20-24-23-14(2)26(20)16-5-7-19(27-3)22-11-16/h4-7,10-11,17H,8-9,12H2,1-3H3/t17-/m1/s1. The van der Waals surface area contributed by atoms with Crippen LogP contribution in [0.3, 0.4) is 0 Å². The van der Waals surface area contributed by atoms with Gasteiger partial charge in [-0.1, -0.05) is 0 Å². The predicted octanol–water partition coefficient (Wildman–Crippen LogP) is 3.08. The van der Waals surface area contributed by atoms with E-state index >= 15 is 0 Å². The molecule has 0 unspecified atom stereocenters. The molecule has 1 aromatic carbocycles. The minimum Gasteiger partial charge on any atom is -0.488 e. The van der Waals surface area contributed by atoms with Crippen LogP contribution in [0.5, 0.6) is 11.6 Å². The van der Waals surface area contributed by atoms with Crippen LogP contribution in [0.15, 0.2) is 36.5 Å². The summed E-state index contributed by atoms with van der Waals surface area (Å²) >= 11 is 0. The number of benzene rings is 1. The van der Waals surface area contributed by atoms with E-state index in [1.165, 1.54) is 12.1 Å². The lowest BCUT2D eigenvalue weighted by Crippen LogP contribution is -2.27. The van der Waals surface area contributed by atoms with Crippen molar-refractivity contribution in [2.75, 3.05) is 25.1 Å². The fourth-order valence-electron chi connectivity index (χ4n) is 3.41. The van der Waals surface area contributed by atoms with Gasteiger partial charge in [-0.2, -0.15) is 0 Å². The number of methoxy groups -OCH3 is 1. The van der Waals surface area contributed by atoms with E-state index in [-0.39, 0.29) is 11.9 Å². The Balaban J connectivity index is 1.53. The molecule has 8 heteroatoms. The molecule has 0 amide bonds. The first-order valence-electron chi connectivity index (χ1n) is 9.15. The molecule has 1 saturated heterocycles. The van der Waals surface area contributed by atoms with E-state index in [1.807, 2.05) is 30.5 Å². The van der Waals surface area contributed by atoms with Gasteiger partial charge in [0.25, 0.3) is 0 Å². The van der Waals surface area contributed by atoms with Gasteiger partial charge in [-0.3, -0.25) is 4.57 Å². The Kier molecular flexibility index (Phi) is 4.85. The normalized spacial score (nSPS) is 16.4. The molecule has 3 aromatic rings. The number of nitrogens with zero attached hydrogens (tertiary/aromatic N) is 5. The van der Waals surface area contributed by atoms with Crippen molar-refractivity contribution >= 4 is 5.95 Å². The quantitative estimate of drug-likeness (QED) is 0.675. The van der Waals surface area contributed by atoms with Crippen LogP contribution < -0.4 is 14.4 Å². The van der Waals surface area contributed by atoms with Gasteiger partial charge in [0.15, 0.2) is 0 Å². The van der Waals surface area contributed by atoms with Gasteiger partial charge in [0, 0.05) is 19.0 Å². The van der Waals surface area contributed by atoms with E-state index in [0.29, 0.717) is 18.2 Å². The molecule has 7 nitrogen and oxygen atoms in total. The second-order valence-corrected chi connectivity index (χ2v) is 6.83. The third kappa shape index (κ3) is 3.49. The number of ether oxygens (including phenoxy) is 2. The van der Waals surface area contributed by atoms with Crippen molar-refractivity contribution in [1.82, 2.24) is 19.7 Å². The molecular weight excluding hydrogens is 361 g/mol. The highest BCUT2D eigenvalue weighted by Crippen LogP contribution is 2.27. The van der Waals surface area contributed by atoms with Crippen LogP contribution in [0, 0.1) is 19.7 Å². The molecule has 1 atom stereocenters. The summed E-state index contributed by atoms with van der Waals surface area (Å²) in [6.07, 6.45) is 2.59. The van der Waals surface area contributed by atoms with Crippen molar-refractivity contribution in [2.24, 2.45) is 0 Å². The molecule has 4 rings (SSSR count). The molecule has 3 heterocycles. The van der Waals surface area contributed by atoms with E-state index in [4.69, 9.17) is 9.47 Å². The first kappa shape index (κ1) is 18.2. The topological polar surface area (TPSA) is 65.3 Å². The van der Waals surface area contributed by atoms with Gasteiger partial charge >= 0.3 is 0 Å². The maximum atomic E-state index is 13.3. The SMILES string of the molecule is COc1ccc(-n2c(C)nnc2N2CC[C@@H](Oc3ccc(F)cc3C)C2)cn1. The van der Waals surface area contributed by atoms with E-state index in [1.54, 1.807) is 19.4 Å². The summed E-state index contributed by atoms with van der Waals surface area (Å²) in [7, 11) is 1.59. The minimum atomic E-state index is -0.255. The Morgan fingerprint density at radius 1 is 1.14 bits per heavy atom. The monoisotopic (exact) mass is 383 g/mol. The maximum absolute atomic E-state index is 13.3. The van der Waals surface area contributed by atoms with Gasteiger partial charge < -0.3 is 14.4 Å². The van der Waals surface area contributed by atoms with Crippen LogP contribution in [-0.2, 0) is 0 Å². The molecule has 0 spiro atoms. The first-order chi connectivity index (χ1) is 13.5. The summed E-state index contributed by atoms with van der Waals surface area (Å²) in [6.45, 7) is 5.24. The highest BCUT2D eigenvalue weighted by Gasteiger charge is 2.29. The van der Waals surface area contributed by atoms with Crippen molar-refractivity contribution in [3.05, 3.63) is 53.7 Å². The molecule has 0 radical (unpaired) electrons. The Morgan fingerprint density at radius 3 is 2.71 bits per heavy atom. The van der Waals surface area contributed by atoms with Crippen molar-refractivity contribution in [3.63, 3.8) is 0 Å². The van der Waals surface area contributed by atoms with E-state index in [2.05, 4.69) is 20.1 Å². The third-order valence-corrected chi connectivity index (χ3v) is 4.85. The fourth-order valence-corrected chi connectivity index (χ4v) is 3.41. The molecule has 28 heavy (non-hydrogen) atoms. The summed E-state index contributed by atoms with van der Waals surface area (Å²) < 4.78 is 26.5. The van der Waals surface area contributed by atoms with Gasteiger partial charge in [-0.25, -0.2) is 9.37 Å². The van der Waals surface area contributed by atoms with Crippen molar-refractivity contribution in [1.29, 1.82) is 0 Å². The van der Waals surface area contributed by atoms with Crippen molar-refractivity contribution < 1.29 is 13.9 Å². The van der Waals surface area contributed by atoms with E-state index < -0.39 is 0 Å². The maximum Gasteiger partial charge on any atom is 0.232 e. The zero-order valence-electron chi connectivity index (χ0n) is 16.1. The zero-order chi connectivity index (χ0) is 19.7. The van der Waals surface area contributed by atoms with Crippen LogP contribution in [0.25, 0.3) is 5.69 Å². The predicted molar refractivity (Wildman–Crippen MR) is 103 cm³/mol. The summed E-state index contributed by atoms with van der Waals surface area (Å²) in [5, 5.41) is 8.60. The van der Waals surface area contributed by atoms with Crippen molar-refractivity contribution in [3.8, 4) is 17.3 Å². The van der Waals surface area contributed by atoms with Gasteiger partial charge in [0.2, 0.25) is 11.8 Å². The molecule has 146 valence electrons. The summed E-state index contributed by atoms with van der Waals surface area (Å²) in [5.74, 6) is 2.55. The van der Waals surface area contributed by atoms with E-state index in [9.17, 15) is 4.39 Å². The molecule has 0 aliphatic carbocycles. The minimum absolute atomic E-state index is 0.00334. The number of rotatable bonds is 5. The molecule has 0 bridgehead atoms. The first-order valence-corrected chi connectivity index (χ1v) is 9.15. The summed E-state index contributed by atoms with van der Waals surface area (Å²) in [5.41, 5.74) is 1.67. The Hall–Kier alpha value is -3.16. The van der Waals surface area contributed by atoms with Crippen LogP contribution in [0.2, 0.25) is 0 Å². The second kappa shape index (κ2) is 7.46. The highest BCUT2D eigenvalue weighted by molar-refractivity contribution is 5.45. The average molecular weight is 383 g/mol. The smallest absolute Gasteiger partial charge is 0.232 e. The fraction of sp³-hybridized carbons (Fsp3) is 0.350. The summed E-state index contributed by atoms with van der Waals surface area (Å²) in [4.78, 5) is 6.42. The number of halogens is 1. The third-order valence-electron chi connectivity index (χ3n) is 4.85. The molecule has 0 saturated carbocycles. The number of aromatic nitrogens is 4. The van der Waals surface area contributed by atoms with Gasteiger partial charge in [-0.05, 0) is 43.7 Å². The Labute approximate surface area is 162 Å².